The van der Waals surface area contributed by atoms with E-state index in [2.05, 4.69) is 10.6 Å². The number of nitrogens with one attached hydrogen (secondary N) is 2. The largest absolute Gasteiger partial charge is 0.385 e. The van der Waals surface area contributed by atoms with E-state index in [4.69, 9.17) is 0 Å². The van der Waals surface area contributed by atoms with Crippen LogP contribution in [0, 0.1) is 0 Å². The summed E-state index contributed by atoms with van der Waals surface area (Å²) >= 11 is 0. The number of carbonyl (C=O) groups excluding carboxylic acids is 1. The summed E-state index contributed by atoms with van der Waals surface area (Å²) in [5.41, 5.74) is 2.16. The Kier molecular flexibility index (Phi) is 2.87. The molecule has 78 valence electrons. The summed E-state index contributed by atoms with van der Waals surface area (Å²) in [5.74, 6) is 0.321. The molecule has 0 saturated carbocycles. The lowest BCUT2D eigenvalue weighted by Gasteiger charge is -2.25. The molecule has 0 atom stereocenters. The molecule has 0 radical (unpaired) electrons. The molecular formula is C11H18N2O. The van der Waals surface area contributed by atoms with Crippen LogP contribution < -0.4 is 10.6 Å². The minimum absolute atomic E-state index is 0.321. The molecule has 0 bridgehead atoms. The highest BCUT2D eigenvalue weighted by Gasteiger charge is 2.21. The van der Waals surface area contributed by atoms with E-state index in [-0.39, 0.29) is 0 Å². The third-order valence-corrected chi connectivity index (χ3v) is 3.19. The highest BCUT2D eigenvalue weighted by Crippen LogP contribution is 2.21. The second kappa shape index (κ2) is 4.13. The van der Waals surface area contributed by atoms with Gasteiger partial charge in [0.1, 0.15) is 0 Å². The molecule has 3 heteroatoms. The predicted molar refractivity (Wildman–Crippen MR) is 56.0 cm³/mol. The van der Waals surface area contributed by atoms with Gasteiger partial charge in [0, 0.05) is 23.7 Å². The monoisotopic (exact) mass is 194 g/mol. The first-order valence-electron chi connectivity index (χ1n) is 5.47. The number of ketones is 1. The van der Waals surface area contributed by atoms with E-state index >= 15 is 0 Å². The fourth-order valence-electron chi connectivity index (χ4n) is 2.17. The summed E-state index contributed by atoms with van der Waals surface area (Å²) < 4.78 is 0. The number of rotatable bonds is 2. The summed E-state index contributed by atoms with van der Waals surface area (Å²) in [4.78, 5) is 11.3. The van der Waals surface area contributed by atoms with E-state index in [1.54, 1.807) is 0 Å². The van der Waals surface area contributed by atoms with Gasteiger partial charge in [-0.15, -0.1) is 0 Å². The van der Waals surface area contributed by atoms with Gasteiger partial charge in [-0.2, -0.15) is 0 Å². The molecule has 2 rings (SSSR count). The van der Waals surface area contributed by atoms with Gasteiger partial charge in [0.05, 0.1) is 0 Å². The number of hydrogen-bond donors (Lipinski definition) is 2. The summed E-state index contributed by atoms with van der Waals surface area (Å²) in [6.45, 7) is 4.13. The first-order valence-corrected chi connectivity index (χ1v) is 5.47. The normalized spacial score (nSPS) is 24.5. The van der Waals surface area contributed by atoms with E-state index in [0.29, 0.717) is 18.2 Å². The van der Waals surface area contributed by atoms with Crippen molar-refractivity contribution in [3.63, 3.8) is 0 Å². The van der Waals surface area contributed by atoms with Gasteiger partial charge in [-0.25, -0.2) is 0 Å². The summed E-state index contributed by atoms with van der Waals surface area (Å²) in [7, 11) is 0. The number of carbonyl (C=O) groups is 1. The molecule has 2 aliphatic rings. The van der Waals surface area contributed by atoms with Gasteiger partial charge in [0.15, 0.2) is 5.78 Å². The summed E-state index contributed by atoms with van der Waals surface area (Å²) in [6.07, 6.45) is 3.98. The molecule has 0 spiro atoms. The van der Waals surface area contributed by atoms with E-state index in [0.717, 1.165) is 25.1 Å². The van der Waals surface area contributed by atoms with Gasteiger partial charge in [0.2, 0.25) is 0 Å². The van der Waals surface area contributed by atoms with Crippen LogP contribution in [0.25, 0.3) is 0 Å². The predicted octanol–water partition coefficient (Wildman–Crippen LogP) is 0.965. The first kappa shape index (κ1) is 9.71. The number of hydrogen-bond acceptors (Lipinski definition) is 3. The average molecular weight is 194 g/mol. The number of allylic oxidation sites excluding steroid dienone is 2. The Labute approximate surface area is 84.9 Å². The van der Waals surface area contributed by atoms with Crippen molar-refractivity contribution in [3.8, 4) is 0 Å². The maximum atomic E-state index is 11.3. The van der Waals surface area contributed by atoms with Crippen molar-refractivity contribution in [2.45, 2.75) is 38.6 Å². The smallest absolute Gasteiger partial charge is 0.160 e. The second-order valence-electron chi connectivity index (χ2n) is 4.20. The van der Waals surface area contributed by atoms with Gasteiger partial charge in [-0.05, 0) is 39.3 Å². The van der Waals surface area contributed by atoms with Gasteiger partial charge >= 0.3 is 0 Å². The summed E-state index contributed by atoms with van der Waals surface area (Å²) in [5, 5.41) is 6.85. The standard InChI is InChI=1S/C11H18N2O/c1-8-10(2-3-11(8)14)13-9-4-6-12-7-5-9/h9,12-13H,2-7H2,1H3. The average Bonchev–Trinajstić information content (AvgIpc) is 2.52. The molecule has 0 unspecified atom stereocenters. The van der Waals surface area contributed by atoms with Gasteiger partial charge in [-0.1, -0.05) is 0 Å². The first-order chi connectivity index (χ1) is 6.77. The van der Waals surface area contributed by atoms with Crippen molar-refractivity contribution in [2.24, 2.45) is 0 Å². The van der Waals surface area contributed by atoms with Crippen LogP contribution in [-0.2, 0) is 4.79 Å². The van der Waals surface area contributed by atoms with E-state index in [1.165, 1.54) is 18.5 Å². The number of Topliss-reactive ketones (excluding diaryl/α,β-unsaturated/α-hetero) is 1. The third kappa shape index (κ3) is 1.98. The Bertz CT molecular complexity index is 264. The third-order valence-electron chi connectivity index (χ3n) is 3.19. The lowest BCUT2D eigenvalue weighted by atomic mass is 10.1. The second-order valence-corrected chi connectivity index (χ2v) is 4.20. The van der Waals surface area contributed by atoms with Crippen LogP contribution in [0.5, 0.6) is 0 Å². The minimum Gasteiger partial charge on any atom is -0.385 e. The Morgan fingerprint density at radius 2 is 2.00 bits per heavy atom. The Morgan fingerprint density at radius 1 is 1.29 bits per heavy atom. The molecule has 0 aromatic heterocycles. The molecule has 0 aromatic rings. The molecular weight excluding hydrogens is 176 g/mol. The maximum absolute atomic E-state index is 11.3. The van der Waals surface area contributed by atoms with Crippen LogP contribution in [0.15, 0.2) is 11.3 Å². The van der Waals surface area contributed by atoms with Crippen LogP contribution in [-0.4, -0.2) is 24.9 Å². The molecule has 2 N–H and O–H groups in total. The van der Waals surface area contributed by atoms with Gasteiger partial charge in [0.25, 0.3) is 0 Å². The van der Waals surface area contributed by atoms with Crippen molar-refractivity contribution in [3.05, 3.63) is 11.3 Å². The van der Waals surface area contributed by atoms with Crippen LogP contribution in [0.3, 0.4) is 0 Å². The van der Waals surface area contributed by atoms with Crippen molar-refractivity contribution in [1.29, 1.82) is 0 Å². The zero-order valence-electron chi connectivity index (χ0n) is 8.73. The molecule has 1 aliphatic carbocycles. The lowest BCUT2D eigenvalue weighted by Crippen LogP contribution is -2.39. The zero-order chi connectivity index (χ0) is 9.97. The summed E-state index contributed by atoms with van der Waals surface area (Å²) in [6, 6.07) is 0.576. The zero-order valence-corrected chi connectivity index (χ0v) is 8.73. The SMILES string of the molecule is CC1=C(NC2CCNCC2)CCC1=O. The maximum Gasteiger partial charge on any atom is 0.160 e. The fraction of sp³-hybridized carbons (Fsp3) is 0.727. The molecule has 0 amide bonds. The van der Waals surface area contributed by atoms with Gasteiger partial charge in [-0.3, -0.25) is 4.79 Å². The molecule has 1 fully saturated rings. The Hall–Kier alpha value is -0.830. The topological polar surface area (TPSA) is 41.1 Å². The van der Waals surface area contributed by atoms with Crippen molar-refractivity contribution >= 4 is 5.78 Å². The number of piperidine rings is 1. The highest BCUT2D eigenvalue weighted by atomic mass is 16.1. The minimum atomic E-state index is 0.321. The molecule has 1 heterocycles. The van der Waals surface area contributed by atoms with Crippen LogP contribution in [0.4, 0.5) is 0 Å². The Balaban J connectivity index is 1.93. The van der Waals surface area contributed by atoms with E-state index in [1.807, 2.05) is 6.92 Å². The lowest BCUT2D eigenvalue weighted by molar-refractivity contribution is -0.114. The van der Waals surface area contributed by atoms with Crippen molar-refractivity contribution in [1.82, 2.24) is 10.6 Å². The molecule has 1 aliphatic heterocycles. The van der Waals surface area contributed by atoms with Crippen LogP contribution in [0.1, 0.15) is 32.6 Å². The molecule has 3 nitrogen and oxygen atoms in total. The molecule has 1 saturated heterocycles. The molecule has 0 aromatic carbocycles. The molecule has 14 heavy (non-hydrogen) atoms. The van der Waals surface area contributed by atoms with Crippen LogP contribution >= 0.6 is 0 Å². The van der Waals surface area contributed by atoms with Crippen molar-refractivity contribution < 1.29 is 4.79 Å². The van der Waals surface area contributed by atoms with E-state index in [9.17, 15) is 4.79 Å². The van der Waals surface area contributed by atoms with E-state index < -0.39 is 0 Å². The highest BCUT2D eigenvalue weighted by molar-refractivity contribution is 5.97. The van der Waals surface area contributed by atoms with Crippen LogP contribution in [0.2, 0.25) is 0 Å². The fourth-order valence-corrected chi connectivity index (χ4v) is 2.17. The quantitative estimate of drug-likeness (QED) is 0.688. The van der Waals surface area contributed by atoms with Gasteiger partial charge < -0.3 is 10.6 Å². The Morgan fingerprint density at radius 3 is 2.57 bits per heavy atom. The van der Waals surface area contributed by atoms with Crippen molar-refractivity contribution in [2.75, 3.05) is 13.1 Å².